The second-order valence-corrected chi connectivity index (χ2v) is 9.37. The van der Waals surface area contributed by atoms with E-state index in [1.54, 1.807) is 0 Å². The van der Waals surface area contributed by atoms with E-state index >= 15 is 0 Å². The minimum absolute atomic E-state index is 0.120. The van der Waals surface area contributed by atoms with Gasteiger partial charge in [-0.15, -0.1) is 0 Å². The summed E-state index contributed by atoms with van der Waals surface area (Å²) in [4.78, 5) is 43.3. The van der Waals surface area contributed by atoms with Crippen molar-refractivity contribution in [1.29, 1.82) is 0 Å². The molecule has 4 rings (SSSR count). The first kappa shape index (κ1) is 24.6. The largest absolute Gasteiger partial charge is 0.379 e. The molecule has 0 atom stereocenters. The Labute approximate surface area is 205 Å². The molecule has 0 unspecified atom stereocenters. The van der Waals surface area contributed by atoms with Crippen LogP contribution in [-0.2, 0) is 4.74 Å². The van der Waals surface area contributed by atoms with Crippen LogP contribution in [0.2, 0.25) is 0 Å². The second kappa shape index (κ2) is 10.4. The van der Waals surface area contributed by atoms with Crippen LogP contribution in [0.25, 0.3) is 10.2 Å². The zero-order valence-electron chi connectivity index (χ0n) is 19.4. The number of morpholine rings is 1. The molecule has 184 valence electrons. The van der Waals surface area contributed by atoms with Crippen molar-refractivity contribution >= 4 is 44.0 Å². The van der Waals surface area contributed by atoms with Crippen molar-refractivity contribution in [1.82, 2.24) is 9.88 Å². The molecular formula is C23H25N5O6S. The molecule has 0 bridgehead atoms. The Hall–Kier alpha value is -3.48. The van der Waals surface area contributed by atoms with Crippen molar-refractivity contribution in [3.8, 4) is 0 Å². The smallest absolute Gasteiger partial charge is 0.277 e. The number of non-ortho nitro benzene ring substituents is 2. The third kappa shape index (κ3) is 5.45. The van der Waals surface area contributed by atoms with Crippen molar-refractivity contribution < 1.29 is 19.4 Å². The van der Waals surface area contributed by atoms with Crippen molar-refractivity contribution in [2.45, 2.75) is 20.3 Å². The minimum atomic E-state index is -0.739. The van der Waals surface area contributed by atoms with Crippen LogP contribution in [0.3, 0.4) is 0 Å². The summed E-state index contributed by atoms with van der Waals surface area (Å²) in [6.07, 6.45) is 0.636. The fourth-order valence-corrected chi connectivity index (χ4v) is 5.15. The first-order valence-corrected chi connectivity index (χ1v) is 12.0. The van der Waals surface area contributed by atoms with Crippen molar-refractivity contribution in [2.24, 2.45) is 0 Å². The van der Waals surface area contributed by atoms with Crippen molar-refractivity contribution in [2.75, 3.05) is 44.3 Å². The Balaban J connectivity index is 1.70. The number of hydrogen-bond donors (Lipinski definition) is 0. The fraction of sp³-hybridized carbons (Fsp3) is 0.391. The maximum absolute atomic E-state index is 13.6. The zero-order valence-corrected chi connectivity index (χ0v) is 20.2. The monoisotopic (exact) mass is 499 g/mol. The number of fused-ring (bicyclic) bond motifs is 1. The molecular weight excluding hydrogens is 474 g/mol. The van der Waals surface area contributed by atoms with Gasteiger partial charge in [0.15, 0.2) is 5.13 Å². The molecule has 1 fully saturated rings. The summed E-state index contributed by atoms with van der Waals surface area (Å²) in [5.41, 5.74) is 1.66. The Morgan fingerprint density at radius 1 is 1.09 bits per heavy atom. The Kier molecular flexibility index (Phi) is 7.34. The highest BCUT2D eigenvalue weighted by atomic mass is 32.1. The summed E-state index contributed by atoms with van der Waals surface area (Å²) < 4.78 is 6.34. The third-order valence-corrected chi connectivity index (χ3v) is 7.15. The molecule has 12 heteroatoms. The van der Waals surface area contributed by atoms with E-state index in [1.807, 2.05) is 26.0 Å². The first-order chi connectivity index (χ1) is 16.7. The quantitative estimate of drug-likeness (QED) is 0.334. The number of carbonyl (C=O) groups is 1. The van der Waals surface area contributed by atoms with Gasteiger partial charge in [-0.05, 0) is 31.4 Å². The number of amides is 1. The second-order valence-electron chi connectivity index (χ2n) is 8.39. The number of benzene rings is 2. The number of ether oxygens (including phenoxy) is 1. The topological polar surface area (TPSA) is 132 Å². The molecule has 1 aromatic heterocycles. The van der Waals surface area contributed by atoms with Crippen LogP contribution in [0.5, 0.6) is 0 Å². The van der Waals surface area contributed by atoms with Gasteiger partial charge >= 0.3 is 0 Å². The Bertz CT molecular complexity index is 1220. The van der Waals surface area contributed by atoms with E-state index in [2.05, 4.69) is 4.90 Å². The van der Waals surface area contributed by atoms with E-state index in [9.17, 15) is 25.0 Å². The lowest BCUT2D eigenvalue weighted by atomic mass is 10.1. The van der Waals surface area contributed by atoms with Gasteiger partial charge in [0, 0.05) is 38.3 Å². The highest BCUT2D eigenvalue weighted by Gasteiger charge is 2.27. The predicted octanol–water partition coefficient (Wildman–Crippen LogP) is 4.10. The number of aryl methyl sites for hydroxylation is 2. The average Bonchev–Trinajstić information content (AvgIpc) is 3.30. The number of carbonyl (C=O) groups excluding carboxylic acids is 1. The van der Waals surface area contributed by atoms with E-state index in [-0.39, 0.29) is 5.56 Å². The van der Waals surface area contributed by atoms with Gasteiger partial charge in [-0.25, -0.2) is 4.98 Å². The third-order valence-electron chi connectivity index (χ3n) is 5.94. The minimum Gasteiger partial charge on any atom is -0.379 e. The van der Waals surface area contributed by atoms with Crippen LogP contribution < -0.4 is 4.90 Å². The van der Waals surface area contributed by atoms with Gasteiger partial charge in [-0.1, -0.05) is 23.5 Å². The molecule has 0 N–H and O–H groups in total. The number of nitrogens with zero attached hydrogens (tertiary/aromatic N) is 5. The van der Waals surface area contributed by atoms with E-state index in [0.29, 0.717) is 31.3 Å². The molecule has 1 aliphatic rings. The molecule has 0 radical (unpaired) electrons. The van der Waals surface area contributed by atoms with Gasteiger partial charge in [0.25, 0.3) is 17.3 Å². The number of nitro groups is 2. The van der Waals surface area contributed by atoms with Gasteiger partial charge in [0.1, 0.15) is 0 Å². The SMILES string of the molecule is Cc1ccc(C)c2sc(N(CCCN3CCOCC3)C(=O)c3cc([N+](=O)[O-])cc([N+](=O)[O-])c3)nc12. The van der Waals surface area contributed by atoms with Crippen LogP contribution in [-0.4, -0.2) is 65.0 Å². The molecule has 2 aromatic carbocycles. The molecule has 11 nitrogen and oxygen atoms in total. The molecule has 35 heavy (non-hydrogen) atoms. The Morgan fingerprint density at radius 3 is 2.31 bits per heavy atom. The van der Waals surface area contributed by atoms with E-state index in [1.165, 1.54) is 16.2 Å². The number of hydrogen-bond acceptors (Lipinski definition) is 9. The lowest BCUT2D eigenvalue weighted by Gasteiger charge is -2.27. The van der Waals surface area contributed by atoms with Gasteiger partial charge in [-0.3, -0.25) is 34.8 Å². The molecule has 1 saturated heterocycles. The normalized spacial score (nSPS) is 14.2. The number of rotatable bonds is 8. The molecule has 1 amide bonds. The van der Waals surface area contributed by atoms with E-state index in [4.69, 9.17) is 9.72 Å². The highest BCUT2D eigenvalue weighted by Crippen LogP contribution is 2.34. The van der Waals surface area contributed by atoms with Crippen molar-refractivity contribution in [3.05, 3.63) is 67.3 Å². The van der Waals surface area contributed by atoms with Gasteiger partial charge in [0.05, 0.1) is 44.9 Å². The standard InChI is InChI=1S/C23H25N5O6S/c1-15-4-5-16(2)21-20(15)24-23(35-21)26(7-3-6-25-8-10-34-11-9-25)22(29)17-12-18(27(30)31)14-19(13-17)28(32)33/h4-5,12-14H,3,6-11H2,1-2H3. The predicted molar refractivity (Wildman–Crippen MR) is 132 cm³/mol. The molecule has 0 spiro atoms. The summed E-state index contributed by atoms with van der Waals surface area (Å²) in [6, 6.07) is 6.97. The van der Waals surface area contributed by atoms with Crippen LogP contribution in [0.4, 0.5) is 16.5 Å². The number of thiazole rings is 1. The van der Waals surface area contributed by atoms with Crippen LogP contribution in [0.1, 0.15) is 27.9 Å². The summed E-state index contributed by atoms with van der Waals surface area (Å²) in [5.74, 6) is -0.562. The maximum Gasteiger partial charge on any atom is 0.277 e. The Morgan fingerprint density at radius 2 is 1.71 bits per heavy atom. The molecule has 0 saturated carbocycles. The first-order valence-electron chi connectivity index (χ1n) is 11.2. The zero-order chi connectivity index (χ0) is 25.1. The molecule has 3 aromatic rings. The van der Waals surface area contributed by atoms with Gasteiger partial charge < -0.3 is 4.74 Å². The lowest BCUT2D eigenvalue weighted by molar-refractivity contribution is -0.394. The van der Waals surface area contributed by atoms with Gasteiger partial charge in [-0.2, -0.15) is 0 Å². The number of anilines is 1. The summed E-state index contributed by atoms with van der Waals surface area (Å²) in [7, 11) is 0. The molecule has 2 heterocycles. The lowest BCUT2D eigenvalue weighted by Crippen LogP contribution is -2.39. The van der Waals surface area contributed by atoms with Crippen LogP contribution in [0, 0.1) is 34.1 Å². The van der Waals surface area contributed by atoms with Crippen LogP contribution in [0.15, 0.2) is 30.3 Å². The van der Waals surface area contributed by atoms with Crippen LogP contribution >= 0.6 is 11.3 Å². The fourth-order valence-electron chi connectivity index (χ4n) is 4.01. The average molecular weight is 500 g/mol. The summed E-state index contributed by atoms with van der Waals surface area (Å²) in [6.45, 7) is 7.91. The summed E-state index contributed by atoms with van der Waals surface area (Å²) >= 11 is 1.37. The maximum atomic E-state index is 13.6. The molecule has 1 aliphatic heterocycles. The number of aromatic nitrogens is 1. The highest BCUT2D eigenvalue weighted by molar-refractivity contribution is 7.22. The van der Waals surface area contributed by atoms with Gasteiger partial charge in [0.2, 0.25) is 0 Å². The number of nitro benzene ring substituents is 2. The van der Waals surface area contributed by atoms with E-state index in [0.717, 1.165) is 59.2 Å². The molecule has 0 aliphatic carbocycles. The van der Waals surface area contributed by atoms with Crippen molar-refractivity contribution in [3.63, 3.8) is 0 Å². The van der Waals surface area contributed by atoms with E-state index < -0.39 is 27.1 Å². The summed E-state index contributed by atoms with van der Waals surface area (Å²) in [5, 5.41) is 23.2.